The summed E-state index contributed by atoms with van der Waals surface area (Å²) in [6.45, 7) is 19.4. The van der Waals surface area contributed by atoms with Crippen molar-refractivity contribution in [3.63, 3.8) is 0 Å². The Balaban J connectivity index is 1.99. The molecule has 0 radical (unpaired) electrons. The normalized spacial score (nSPS) is 46.2. The Hall–Kier alpha value is -2.25. The summed E-state index contributed by atoms with van der Waals surface area (Å²) in [6.07, 6.45) is 10.3. The Labute approximate surface area is 342 Å². The lowest BCUT2D eigenvalue weighted by atomic mass is 9.74. The van der Waals surface area contributed by atoms with Crippen LogP contribution >= 0.6 is 0 Å². The molecule has 11 heteroatoms. The summed E-state index contributed by atoms with van der Waals surface area (Å²) < 4.78 is 20.1. The molecule has 3 heterocycles. The Morgan fingerprint density at radius 1 is 0.825 bits per heavy atom. The van der Waals surface area contributed by atoms with Gasteiger partial charge >= 0.3 is 5.97 Å². The van der Waals surface area contributed by atoms with Crippen molar-refractivity contribution in [2.24, 2.45) is 53.3 Å². The Morgan fingerprint density at radius 2 is 1.47 bits per heavy atom. The van der Waals surface area contributed by atoms with E-state index in [1.54, 1.807) is 13.8 Å². The van der Waals surface area contributed by atoms with Crippen LogP contribution in [-0.2, 0) is 28.6 Å². The van der Waals surface area contributed by atoms with Crippen LogP contribution in [0.25, 0.3) is 0 Å². The van der Waals surface area contributed by atoms with Crippen molar-refractivity contribution in [2.45, 2.75) is 182 Å². The monoisotopic (exact) mass is 805 g/mol. The number of aliphatic hydroxyl groups excluding tert-OH is 4. The number of fused-ring (bicyclic) bond motifs is 2. The molecule has 2 fully saturated rings. The van der Waals surface area contributed by atoms with Crippen molar-refractivity contribution >= 4 is 17.5 Å². The molecule has 2 saturated heterocycles. The van der Waals surface area contributed by atoms with Crippen LogP contribution in [0, 0.1) is 53.3 Å². The predicted molar refractivity (Wildman–Crippen MR) is 220 cm³/mol. The molecule has 18 atom stereocenters. The van der Waals surface area contributed by atoms with Crippen molar-refractivity contribution in [1.82, 2.24) is 0 Å². The molecular weight excluding hydrogens is 728 g/mol. The van der Waals surface area contributed by atoms with E-state index in [0.717, 1.165) is 19.3 Å². The van der Waals surface area contributed by atoms with Crippen LogP contribution < -0.4 is 0 Å². The first-order valence-corrected chi connectivity index (χ1v) is 21.7. The topological polar surface area (TPSA) is 180 Å². The van der Waals surface area contributed by atoms with E-state index in [4.69, 9.17) is 14.2 Å². The van der Waals surface area contributed by atoms with Crippen LogP contribution in [0.3, 0.4) is 0 Å². The van der Waals surface area contributed by atoms with Crippen LogP contribution in [0.4, 0.5) is 0 Å². The second-order valence-corrected chi connectivity index (χ2v) is 18.2. The second kappa shape index (κ2) is 21.3. The second-order valence-electron chi connectivity index (χ2n) is 18.2. The Kier molecular flexibility index (Phi) is 18.4. The molecule has 326 valence electrons. The van der Waals surface area contributed by atoms with Gasteiger partial charge < -0.3 is 39.7 Å². The first-order valence-electron chi connectivity index (χ1n) is 21.7. The van der Waals surface area contributed by atoms with Gasteiger partial charge in [0.1, 0.15) is 17.5 Å². The summed E-state index contributed by atoms with van der Waals surface area (Å²) >= 11 is 0. The molecule has 5 N–H and O–H groups in total. The minimum Gasteiger partial charge on any atom is -0.458 e. The van der Waals surface area contributed by atoms with E-state index >= 15 is 0 Å². The third kappa shape index (κ3) is 12.0. The minimum absolute atomic E-state index is 0.168. The third-order valence-electron chi connectivity index (χ3n) is 13.8. The fourth-order valence-electron chi connectivity index (χ4n) is 9.11. The zero-order valence-electron chi connectivity index (χ0n) is 36.5. The van der Waals surface area contributed by atoms with Crippen LogP contribution in [0.15, 0.2) is 36.5 Å². The number of aliphatic hydroxyl groups is 5. The maximum atomic E-state index is 13.6. The van der Waals surface area contributed by atoms with Crippen molar-refractivity contribution in [2.75, 3.05) is 0 Å². The van der Waals surface area contributed by atoms with Gasteiger partial charge in [0.25, 0.3) is 0 Å². The molecule has 0 amide bonds. The fraction of sp³-hybridized carbons (Fsp3) is 0.804. The van der Waals surface area contributed by atoms with Gasteiger partial charge in [-0.2, -0.15) is 0 Å². The standard InChI is InChI=1S/C46H76O11/c1-12-34-18-16-14-15-17-28(5)43(52)45(11,54)44(53)32(9)41(51)31(8)40(50)30(7)39(49)27(4)19-22-38(48)55-42-29(6)36(21-20-34)56-46(33(42)10)24-23-26(3)37(57-46)25-35(47)13-2/h14-16,18-19,22,26-37,39,41-43,47,49,51-52,54H,12-13,17,20-21,23-25H2,1-11H3/b15-14+,18-16+,22-19+/t26-,27-,28+,29+,30-,31-,32-,33-,34-,35+,36-,37-,39+,41?,42+,43?,45+,46-/m1/s1. The number of hydrogen-bond donors (Lipinski definition) is 5. The van der Waals surface area contributed by atoms with Gasteiger partial charge in [0.2, 0.25) is 0 Å². The number of ether oxygens (including phenoxy) is 3. The van der Waals surface area contributed by atoms with Gasteiger partial charge in [0.15, 0.2) is 11.6 Å². The molecule has 3 rings (SSSR count). The molecule has 2 bridgehead atoms. The summed E-state index contributed by atoms with van der Waals surface area (Å²) in [5.41, 5.74) is -2.18. The summed E-state index contributed by atoms with van der Waals surface area (Å²) in [4.78, 5) is 40.6. The quantitative estimate of drug-likeness (QED) is 0.202. The fourth-order valence-corrected chi connectivity index (χ4v) is 9.11. The molecule has 0 aromatic heterocycles. The van der Waals surface area contributed by atoms with Crippen molar-refractivity contribution in [1.29, 1.82) is 0 Å². The molecule has 0 aromatic carbocycles. The first-order chi connectivity index (χ1) is 26.6. The Bertz CT molecular complexity index is 1410. The maximum absolute atomic E-state index is 13.6. The lowest BCUT2D eigenvalue weighted by Crippen LogP contribution is -2.62. The van der Waals surface area contributed by atoms with E-state index in [9.17, 15) is 39.9 Å². The number of Topliss-reactive ketones (excluding diaryl/α,β-unsaturated/α-hetero) is 2. The van der Waals surface area contributed by atoms with Gasteiger partial charge in [-0.3, -0.25) is 9.59 Å². The Morgan fingerprint density at radius 3 is 2.11 bits per heavy atom. The maximum Gasteiger partial charge on any atom is 0.330 e. The van der Waals surface area contributed by atoms with Gasteiger partial charge in [0.05, 0.1) is 36.6 Å². The molecule has 2 unspecified atom stereocenters. The van der Waals surface area contributed by atoms with E-state index in [-0.39, 0.29) is 35.9 Å². The van der Waals surface area contributed by atoms with Gasteiger partial charge in [0, 0.05) is 48.0 Å². The molecule has 11 nitrogen and oxygen atoms in total. The molecule has 0 saturated carbocycles. The third-order valence-corrected chi connectivity index (χ3v) is 13.8. The smallest absolute Gasteiger partial charge is 0.330 e. The van der Waals surface area contributed by atoms with Crippen molar-refractivity contribution in [3.05, 3.63) is 36.5 Å². The highest BCUT2D eigenvalue weighted by atomic mass is 16.7. The minimum atomic E-state index is -2.18. The summed E-state index contributed by atoms with van der Waals surface area (Å²) in [5.74, 6) is -7.28. The average molecular weight is 805 g/mol. The number of allylic oxidation sites excluding steroid dienone is 4. The number of ketones is 2. The summed E-state index contributed by atoms with van der Waals surface area (Å²) in [5, 5.41) is 55.4. The highest BCUT2D eigenvalue weighted by Gasteiger charge is 2.56. The number of carbonyl (C=O) groups excluding carboxylic acids is 3. The first kappa shape index (κ1) is 49.1. The lowest BCUT2D eigenvalue weighted by molar-refractivity contribution is -0.371. The van der Waals surface area contributed by atoms with E-state index in [1.807, 2.05) is 39.0 Å². The molecule has 3 aliphatic rings. The van der Waals surface area contributed by atoms with E-state index in [1.165, 1.54) is 39.8 Å². The SMILES string of the molecule is CC[C@H](O)C[C@H]1O[C@@]2(CC[C@H]1C)O[C@@H]1CC[C@H](CC)/C=C/C=C/C[C@H](C)C(O)[C@](C)(O)C(=O)[C@H](C)C(O)[C@H](C)C(=O)[C@H](C)[C@@H](O)[C@H](C)/C=C/C(=O)O[C@@H]([C@H]1C)[C@H]2C. The lowest BCUT2D eigenvalue weighted by Gasteiger charge is -2.55. The molecule has 0 aliphatic carbocycles. The van der Waals surface area contributed by atoms with Gasteiger partial charge in [-0.05, 0) is 69.6 Å². The number of esters is 1. The summed E-state index contributed by atoms with van der Waals surface area (Å²) in [6, 6.07) is 0. The summed E-state index contributed by atoms with van der Waals surface area (Å²) in [7, 11) is 0. The van der Waals surface area contributed by atoms with Gasteiger partial charge in [-0.15, -0.1) is 0 Å². The number of carbonyl (C=O) groups is 3. The van der Waals surface area contributed by atoms with Crippen LogP contribution in [0.5, 0.6) is 0 Å². The highest BCUT2D eigenvalue weighted by molar-refractivity contribution is 5.91. The zero-order chi connectivity index (χ0) is 43.0. The van der Waals surface area contributed by atoms with E-state index in [2.05, 4.69) is 19.9 Å². The molecule has 0 aromatic rings. The molecule has 57 heavy (non-hydrogen) atoms. The predicted octanol–water partition coefficient (Wildman–Crippen LogP) is 6.27. The number of rotatable bonds is 4. The van der Waals surface area contributed by atoms with Crippen LogP contribution in [-0.4, -0.2) is 97.2 Å². The molecule has 3 aliphatic heterocycles. The van der Waals surface area contributed by atoms with Crippen molar-refractivity contribution in [3.8, 4) is 0 Å². The number of hydrogen-bond acceptors (Lipinski definition) is 11. The average Bonchev–Trinajstić information content (AvgIpc) is 3.19. The largest absolute Gasteiger partial charge is 0.458 e. The molecule has 1 spiro atoms. The van der Waals surface area contributed by atoms with Crippen LogP contribution in [0.1, 0.15) is 128 Å². The zero-order valence-corrected chi connectivity index (χ0v) is 36.5. The van der Waals surface area contributed by atoms with E-state index < -0.39 is 89.0 Å². The highest BCUT2D eigenvalue weighted by Crippen LogP contribution is 2.49. The van der Waals surface area contributed by atoms with E-state index in [0.29, 0.717) is 32.1 Å². The van der Waals surface area contributed by atoms with Crippen molar-refractivity contribution < 1.29 is 54.1 Å². The van der Waals surface area contributed by atoms with Gasteiger partial charge in [-0.25, -0.2) is 4.79 Å². The van der Waals surface area contributed by atoms with Gasteiger partial charge in [-0.1, -0.05) is 99.6 Å². The van der Waals surface area contributed by atoms with Crippen LogP contribution in [0.2, 0.25) is 0 Å². The molecular formula is C46H76O11.